The zero-order valence-corrected chi connectivity index (χ0v) is 16.7. The largest absolute Gasteiger partial charge is 0.372 e. The van der Waals surface area contributed by atoms with E-state index in [9.17, 15) is 0 Å². The molecule has 2 saturated heterocycles. The van der Waals surface area contributed by atoms with Gasteiger partial charge in [0.2, 0.25) is 0 Å². The van der Waals surface area contributed by atoms with Crippen LogP contribution in [-0.4, -0.2) is 42.4 Å². The molecule has 0 aromatic rings. The molecule has 2 heteroatoms. The Morgan fingerprint density at radius 1 is 0.917 bits per heavy atom. The van der Waals surface area contributed by atoms with Gasteiger partial charge in [0, 0.05) is 24.9 Å². The van der Waals surface area contributed by atoms with Crippen LogP contribution in [-0.2, 0) is 4.74 Å². The molecule has 5 atom stereocenters. The van der Waals surface area contributed by atoms with Gasteiger partial charge < -0.3 is 9.22 Å². The van der Waals surface area contributed by atoms with Crippen molar-refractivity contribution in [1.29, 1.82) is 0 Å². The zero-order valence-electron chi connectivity index (χ0n) is 16.7. The van der Waals surface area contributed by atoms with Gasteiger partial charge in [0.05, 0.1) is 13.1 Å². The molecule has 0 radical (unpaired) electrons. The molecular formula is C22H42NO+. The van der Waals surface area contributed by atoms with Crippen LogP contribution in [0.3, 0.4) is 0 Å². The van der Waals surface area contributed by atoms with Crippen LogP contribution >= 0.6 is 0 Å². The molecule has 3 fully saturated rings. The van der Waals surface area contributed by atoms with Crippen molar-refractivity contribution in [2.24, 2.45) is 11.8 Å². The number of ether oxygens (including phenoxy) is 1. The highest BCUT2D eigenvalue weighted by Crippen LogP contribution is 2.60. The van der Waals surface area contributed by atoms with E-state index in [4.69, 9.17) is 4.74 Å². The third kappa shape index (κ3) is 3.18. The molecule has 2 aliphatic heterocycles. The Bertz CT molecular complexity index is 397. The predicted molar refractivity (Wildman–Crippen MR) is 102 cm³/mol. The SMILES string of the molecule is CCCCCCO[C@@H]1C[N@+]2(CCCCCC)CC[C@@H]3CC[C@H]1[C@@]32C. The normalized spacial score (nSPS) is 40.4. The monoisotopic (exact) mass is 336 g/mol. The maximum atomic E-state index is 6.52. The lowest BCUT2D eigenvalue weighted by molar-refractivity contribution is -0.953. The lowest BCUT2D eigenvalue weighted by atomic mass is 9.83. The molecule has 2 nitrogen and oxygen atoms in total. The van der Waals surface area contributed by atoms with Crippen molar-refractivity contribution < 1.29 is 9.22 Å². The minimum atomic E-state index is 0.556. The standard InChI is InChI=1S/C22H42NO/c1-4-6-8-10-15-23-16-14-19-12-13-20(22(19,23)3)21(18-23)24-17-11-9-7-5-2/h19-21H,4-18H2,1-3H3/q+1/t19-,20+,21+,22+,23-/m0/s1. The Labute approximate surface area is 150 Å². The Morgan fingerprint density at radius 3 is 2.42 bits per heavy atom. The van der Waals surface area contributed by atoms with Gasteiger partial charge in [-0.2, -0.15) is 0 Å². The first-order valence-corrected chi connectivity index (χ1v) is 11.2. The van der Waals surface area contributed by atoms with Crippen LogP contribution in [0.2, 0.25) is 0 Å². The second kappa shape index (κ2) is 8.08. The first kappa shape index (κ1) is 18.7. The molecule has 1 saturated carbocycles. The van der Waals surface area contributed by atoms with E-state index in [0.29, 0.717) is 11.6 Å². The number of nitrogens with zero attached hydrogens (tertiary/aromatic N) is 1. The second-order valence-electron chi connectivity index (χ2n) is 9.20. The van der Waals surface area contributed by atoms with Gasteiger partial charge in [0.1, 0.15) is 18.2 Å². The van der Waals surface area contributed by atoms with Gasteiger partial charge in [-0.15, -0.1) is 0 Å². The molecule has 0 aromatic heterocycles. The highest BCUT2D eigenvalue weighted by atomic mass is 16.5. The summed E-state index contributed by atoms with van der Waals surface area (Å²) < 4.78 is 7.94. The Morgan fingerprint density at radius 2 is 1.67 bits per heavy atom. The first-order chi connectivity index (χ1) is 11.7. The molecule has 0 spiro atoms. The van der Waals surface area contributed by atoms with Crippen molar-refractivity contribution in [1.82, 2.24) is 0 Å². The number of hydrogen-bond acceptors (Lipinski definition) is 1. The molecule has 1 aliphatic carbocycles. The number of unbranched alkanes of at least 4 members (excludes halogenated alkanes) is 6. The molecule has 140 valence electrons. The molecule has 0 bridgehead atoms. The van der Waals surface area contributed by atoms with Gasteiger partial charge in [-0.1, -0.05) is 46.0 Å². The van der Waals surface area contributed by atoms with E-state index in [1.165, 1.54) is 94.7 Å². The van der Waals surface area contributed by atoms with Gasteiger partial charge in [-0.3, -0.25) is 0 Å². The van der Waals surface area contributed by atoms with Gasteiger partial charge in [-0.05, 0) is 39.0 Å². The summed E-state index contributed by atoms with van der Waals surface area (Å²) in [6.07, 6.45) is 15.9. The predicted octanol–water partition coefficient (Wildman–Crippen LogP) is 5.55. The van der Waals surface area contributed by atoms with E-state index in [2.05, 4.69) is 20.8 Å². The van der Waals surface area contributed by atoms with Gasteiger partial charge in [0.25, 0.3) is 0 Å². The molecule has 0 aromatic carbocycles. The van der Waals surface area contributed by atoms with Crippen molar-refractivity contribution in [3.8, 4) is 0 Å². The second-order valence-corrected chi connectivity index (χ2v) is 9.20. The van der Waals surface area contributed by atoms with Crippen LogP contribution in [0, 0.1) is 11.8 Å². The zero-order chi connectivity index (χ0) is 17.0. The lowest BCUT2D eigenvalue weighted by Crippen LogP contribution is -2.58. The number of quaternary nitrogens is 1. The van der Waals surface area contributed by atoms with Crippen molar-refractivity contribution in [2.45, 2.75) is 103 Å². The summed E-state index contributed by atoms with van der Waals surface area (Å²) in [6, 6.07) is 0. The molecule has 3 aliphatic rings. The molecule has 0 amide bonds. The van der Waals surface area contributed by atoms with Crippen LogP contribution in [0.15, 0.2) is 0 Å². The maximum Gasteiger partial charge on any atom is 0.115 e. The molecule has 2 heterocycles. The van der Waals surface area contributed by atoms with Crippen molar-refractivity contribution in [3.05, 3.63) is 0 Å². The smallest absolute Gasteiger partial charge is 0.115 e. The van der Waals surface area contributed by atoms with E-state index in [0.717, 1.165) is 18.4 Å². The first-order valence-electron chi connectivity index (χ1n) is 11.2. The number of rotatable bonds is 11. The van der Waals surface area contributed by atoms with Gasteiger partial charge in [-0.25, -0.2) is 0 Å². The van der Waals surface area contributed by atoms with Crippen LogP contribution in [0.1, 0.15) is 91.4 Å². The highest BCUT2D eigenvalue weighted by molar-refractivity contribution is 5.08. The maximum absolute atomic E-state index is 6.52. The molecule has 3 rings (SSSR count). The van der Waals surface area contributed by atoms with Crippen molar-refractivity contribution in [3.63, 3.8) is 0 Å². The summed E-state index contributed by atoms with van der Waals surface area (Å²) in [5, 5.41) is 0. The lowest BCUT2D eigenvalue weighted by Gasteiger charge is -2.44. The number of hydrogen-bond donors (Lipinski definition) is 0. The third-order valence-electron chi connectivity index (χ3n) is 8.08. The fourth-order valence-electron chi connectivity index (χ4n) is 6.63. The minimum absolute atomic E-state index is 0.556. The average Bonchev–Trinajstić information content (AvgIpc) is 3.14. The molecule has 0 unspecified atom stereocenters. The van der Waals surface area contributed by atoms with E-state index in [1.54, 1.807) is 0 Å². The van der Waals surface area contributed by atoms with E-state index < -0.39 is 0 Å². The summed E-state index contributed by atoms with van der Waals surface area (Å²) in [6.45, 7) is 12.5. The topological polar surface area (TPSA) is 9.23 Å². The van der Waals surface area contributed by atoms with Gasteiger partial charge >= 0.3 is 0 Å². The third-order valence-corrected chi connectivity index (χ3v) is 8.08. The molecule has 24 heavy (non-hydrogen) atoms. The van der Waals surface area contributed by atoms with Crippen LogP contribution in [0.5, 0.6) is 0 Å². The van der Waals surface area contributed by atoms with Crippen LogP contribution in [0.4, 0.5) is 0 Å². The Hall–Kier alpha value is -0.0800. The minimum Gasteiger partial charge on any atom is -0.372 e. The van der Waals surface area contributed by atoms with Crippen LogP contribution < -0.4 is 0 Å². The van der Waals surface area contributed by atoms with E-state index in [1.807, 2.05) is 0 Å². The van der Waals surface area contributed by atoms with Crippen molar-refractivity contribution >= 4 is 0 Å². The molecular weight excluding hydrogens is 294 g/mol. The van der Waals surface area contributed by atoms with Crippen molar-refractivity contribution in [2.75, 3.05) is 26.2 Å². The fourth-order valence-corrected chi connectivity index (χ4v) is 6.63. The summed E-state index contributed by atoms with van der Waals surface area (Å²) >= 11 is 0. The van der Waals surface area contributed by atoms with Crippen LogP contribution in [0.25, 0.3) is 0 Å². The summed E-state index contributed by atoms with van der Waals surface area (Å²) in [5.74, 6) is 1.84. The quantitative estimate of drug-likeness (QED) is 0.355. The summed E-state index contributed by atoms with van der Waals surface area (Å²) in [7, 11) is 0. The van der Waals surface area contributed by atoms with E-state index in [-0.39, 0.29) is 0 Å². The molecule has 0 N–H and O–H groups in total. The van der Waals surface area contributed by atoms with E-state index >= 15 is 0 Å². The average molecular weight is 337 g/mol. The Balaban J connectivity index is 1.59. The summed E-state index contributed by atoms with van der Waals surface area (Å²) in [5.41, 5.74) is 0.556. The fraction of sp³-hybridized carbons (Fsp3) is 1.00. The summed E-state index contributed by atoms with van der Waals surface area (Å²) in [4.78, 5) is 0. The Kier molecular flexibility index (Phi) is 6.30. The highest BCUT2D eigenvalue weighted by Gasteiger charge is 2.70. The van der Waals surface area contributed by atoms with Gasteiger partial charge in [0.15, 0.2) is 0 Å².